The smallest absolute Gasteiger partial charge is 0.223 e. The lowest BCUT2D eigenvalue weighted by molar-refractivity contribution is -0.129. The van der Waals surface area contributed by atoms with E-state index in [4.69, 9.17) is 12.2 Å². The summed E-state index contributed by atoms with van der Waals surface area (Å²) in [5.41, 5.74) is 5.56. The molecule has 3 heteroatoms. The van der Waals surface area contributed by atoms with Crippen molar-refractivity contribution < 1.29 is 4.79 Å². The molecule has 0 heterocycles. The van der Waals surface area contributed by atoms with Crippen LogP contribution >= 0.6 is 0 Å². The highest BCUT2D eigenvalue weighted by Gasteiger charge is 2.15. The van der Waals surface area contributed by atoms with E-state index in [1.807, 2.05) is 0 Å². The van der Waals surface area contributed by atoms with Crippen molar-refractivity contribution in [2.75, 3.05) is 20.1 Å². The minimum atomic E-state index is 0.126. The van der Waals surface area contributed by atoms with Gasteiger partial charge < -0.3 is 10.6 Å². The van der Waals surface area contributed by atoms with Crippen LogP contribution in [-0.2, 0) is 4.79 Å². The van der Waals surface area contributed by atoms with Crippen molar-refractivity contribution in [2.45, 2.75) is 33.1 Å². The minimum Gasteiger partial charge on any atom is -0.335 e. The zero-order valence-electron chi connectivity index (χ0n) is 10.7. The van der Waals surface area contributed by atoms with Crippen molar-refractivity contribution >= 4 is 5.91 Å². The van der Waals surface area contributed by atoms with E-state index >= 15 is 0 Å². The van der Waals surface area contributed by atoms with Crippen LogP contribution in [0.5, 0.6) is 0 Å². The van der Waals surface area contributed by atoms with E-state index in [1.165, 1.54) is 0 Å². The second kappa shape index (κ2) is 8.18. The normalized spacial score (nSPS) is 12.2. The first kappa shape index (κ1) is 15.0. The second-order valence-electron chi connectivity index (χ2n) is 4.57. The van der Waals surface area contributed by atoms with Gasteiger partial charge in [0.1, 0.15) is 0 Å². The zero-order chi connectivity index (χ0) is 12.6. The summed E-state index contributed by atoms with van der Waals surface area (Å²) in [7, 11) is 1.75. The fourth-order valence-corrected chi connectivity index (χ4v) is 1.75. The van der Waals surface area contributed by atoms with Gasteiger partial charge in [0, 0.05) is 13.5 Å². The molecule has 0 aromatic heterocycles. The molecule has 0 saturated carbocycles. The third kappa shape index (κ3) is 5.77. The first-order chi connectivity index (χ1) is 7.52. The van der Waals surface area contributed by atoms with E-state index in [-0.39, 0.29) is 5.91 Å². The molecule has 0 aromatic rings. The van der Waals surface area contributed by atoms with Gasteiger partial charge in [-0.1, -0.05) is 19.8 Å². The maximum Gasteiger partial charge on any atom is 0.223 e. The summed E-state index contributed by atoms with van der Waals surface area (Å²) in [6.07, 6.45) is 7.62. The second-order valence-corrected chi connectivity index (χ2v) is 4.57. The highest BCUT2D eigenvalue weighted by Crippen LogP contribution is 2.20. The number of hydrogen-bond donors (Lipinski definition) is 1. The lowest BCUT2D eigenvalue weighted by Gasteiger charge is -2.21. The Balaban J connectivity index is 4.01. The Labute approximate surface area is 99.4 Å². The largest absolute Gasteiger partial charge is 0.335 e. The van der Waals surface area contributed by atoms with Crippen LogP contribution in [0.4, 0.5) is 0 Å². The van der Waals surface area contributed by atoms with E-state index in [2.05, 4.69) is 19.8 Å². The molecule has 0 aliphatic heterocycles. The number of amides is 1. The van der Waals surface area contributed by atoms with Crippen molar-refractivity contribution in [3.63, 3.8) is 0 Å². The average molecular weight is 224 g/mol. The van der Waals surface area contributed by atoms with Gasteiger partial charge in [0.2, 0.25) is 5.91 Å². The predicted molar refractivity (Wildman–Crippen MR) is 67.7 cm³/mol. The molecule has 0 rings (SSSR count). The number of rotatable bonds is 7. The lowest BCUT2D eigenvalue weighted by Crippen LogP contribution is -2.27. The minimum absolute atomic E-state index is 0.126. The van der Waals surface area contributed by atoms with E-state index in [0.29, 0.717) is 31.3 Å². The SMILES string of the molecule is C#CCN(C)C(=O)CCC(CCN)C(C)C. The van der Waals surface area contributed by atoms with Gasteiger partial charge in [0.05, 0.1) is 6.54 Å². The van der Waals surface area contributed by atoms with Crippen LogP contribution < -0.4 is 5.73 Å². The molecule has 0 bridgehead atoms. The molecular weight excluding hydrogens is 200 g/mol. The van der Waals surface area contributed by atoms with Gasteiger partial charge in [-0.05, 0) is 31.2 Å². The van der Waals surface area contributed by atoms with E-state index in [1.54, 1.807) is 11.9 Å². The Kier molecular flexibility index (Phi) is 7.66. The summed E-state index contributed by atoms with van der Waals surface area (Å²) in [5, 5.41) is 0. The maximum atomic E-state index is 11.7. The van der Waals surface area contributed by atoms with E-state index in [0.717, 1.165) is 12.8 Å². The Morgan fingerprint density at radius 3 is 2.50 bits per heavy atom. The Hall–Kier alpha value is -1.01. The molecule has 0 aromatic carbocycles. The molecular formula is C13H24N2O. The van der Waals surface area contributed by atoms with Gasteiger partial charge in [-0.25, -0.2) is 0 Å². The number of carbonyl (C=O) groups excluding carboxylic acids is 1. The average Bonchev–Trinajstić information content (AvgIpc) is 2.23. The van der Waals surface area contributed by atoms with Gasteiger partial charge in [0.15, 0.2) is 0 Å². The molecule has 0 radical (unpaired) electrons. The number of nitrogens with zero attached hydrogens (tertiary/aromatic N) is 1. The summed E-state index contributed by atoms with van der Waals surface area (Å²) in [4.78, 5) is 13.3. The third-order valence-corrected chi connectivity index (χ3v) is 2.96. The zero-order valence-corrected chi connectivity index (χ0v) is 10.7. The van der Waals surface area contributed by atoms with Gasteiger partial charge in [-0.2, -0.15) is 0 Å². The van der Waals surface area contributed by atoms with Crippen molar-refractivity contribution in [3.8, 4) is 12.3 Å². The quantitative estimate of drug-likeness (QED) is 0.666. The van der Waals surface area contributed by atoms with E-state index in [9.17, 15) is 4.79 Å². The van der Waals surface area contributed by atoms with Gasteiger partial charge in [0.25, 0.3) is 0 Å². The molecule has 92 valence electrons. The number of carbonyl (C=O) groups is 1. The summed E-state index contributed by atoms with van der Waals surface area (Å²) in [6, 6.07) is 0. The molecule has 0 saturated heterocycles. The number of hydrogen-bond acceptors (Lipinski definition) is 2. The van der Waals surface area contributed by atoms with E-state index < -0.39 is 0 Å². The van der Waals surface area contributed by atoms with Crippen LogP contribution in [-0.4, -0.2) is 30.9 Å². The topological polar surface area (TPSA) is 46.3 Å². The van der Waals surface area contributed by atoms with Crippen molar-refractivity contribution in [3.05, 3.63) is 0 Å². The fraction of sp³-hybridized carbons (Fsp3) is 0.769. The van der Waals surface area contributed by atoms with Crippen molar-refractivity contribution in [1.29, 1.82) is 0 Å². The van der Waals surface area contributed by atoms with Crippen LogP contribution in [0.25, 0.3) is 0 Å². The lowest BCUT2D eigenvalue weighted by atomic mass is 9.88. The Bertz CT molecular complexity index is 243. The fourth-order valence-electron chi connectivity index (χ4n) is 1.75. The molecule has 0 spiro atoms. The highest BCUT2D eigenvalue weighted by molar-refractivity contribution is 5.76. The summed E-state index contributed by atoms with van der Waals surface area (Å²) < 4.78 is 0. The molecule has 16 heavy (non-hydrogen) atoms. The van der Waals surface area contributed by atoms with Crippen LogP contribution in [0, 0.1) is 24.2 Å². The molecule has 2 N–H and O–H groups in total. The third-order valence-electron chi connectivity index (χ3n) is 2.96. The Morgan fingerprint density at radius 1 is 1.44 bits per heavy atom. The molecule has 1 unspecified atom stereocenters. The molecule has 0 fully saturated rings. The van der Waals surface area contributed by atoms with Crippen molar-refractivity contribution in [1.82, 2.24) is 4.90 Å². The number of nitrogens with two attached hydrogens (primary N) is 1. The summed E-state index contributed by atoms with van der Waals surface area (Å²) in [6.45, 7) is 5.44. The maximum absolute atomic E-state index is 11.7. The highest BCUT2D eigenvalue weighted by atomic mass is 16.2. The molecule has 0 aliphatic carbocycles. The van der Waals surface area contributed by atoms with Crippen LogP contribution in [0.1, 0.15) is 33.1 Å². The number of terminal acetylenes is 1. The Morgan fingerprint density at radius 2 is 2.06 bits per heavy atom. The van der Waals surface area contributed by atoms with Crippen molar-refractivity contribution in [2.24, 2.45) is 17.6 Å². The molecule has 3 nitrogen and oxygen atoms in total. The summed E-state index contributed by atoms with van der Waals surface area (Å²) >= 11 is 0. The predicted octanol–water partition coefficient (Wildman–Crippen LogP) is 1.48. The first-order valence-corrected chi connectivity index (χ1v) is 5.90. The van der Waals surface area contributed by atoms with Crippen LogP contribution in [0.2, 0.25) is 0 Å². The van der Waals surface area contributed by atoms with Gasteiger partial charge >= 0.3 is 0 Å². The molecule has 0 aliphatic rings. The monoisotopic (exact) mass is 224 g/mol. The molecule has 1 amide bonds. The summed E-state index contributed by atoms with van der Waals surface area (Å²) in [5.74, 6) is 3.71. The van der Waals surface area contributed by atoms with Crippen LogP contribution in [0.15, 0.2) is 0 Å². The van der Waals surface area contributed by atoms with Crippen LogP contribution in [0.3, 0.4) is 0 Å². The molecule has 1 atom stereocenters. The van der Waals surface area contributed by atoms with Gasteiger partial charge in [-0.15, -0.1) is 6.42 Å². The first-order valence-electron chi connectivity index (χ1n) is 5.90. The van der Waals surface area contributed by atoms with Gasteiger partial charge in [-0.3, -0.25) is 4.79 Å². The standard InChI is InChI=1S/C13H24N2O/c1-5-10-15(4)13(16)7-6-12(8-9-14)11(2)3/h1,11-12H,6-10,14H2,2-4H3.